The van der Waals surface area contributed by atoms with Crippen LogP contribution in [0.2, 0.25) is 0 Å². The molecular weight excluding hydrogens is 250 g/mol. The topological polar surface area (TPSA) is 67.1 Å². The van der Waals surface area contributed by atoms with Crippen LogP contribution in [-0.4, -0.2) is 22.6 Å². The van der Waals surface area contributed by atoms with Gasteiger partial charge in [-0.1, -0.05) is 19.8 Å². The zero-order valence-electron chi connectivity index (χ0n) is 12.5. The third-order valence-electron chi connectivity index (χ3n) is 4.90. The SMILES string of the molecule is CCc1nc(NN)c(C)c(N2CCC3CCCCC32)n1. The van der Waals surface area contributed by atoms with E-state index in [0.717, 1.165) is 41.9 Å². The van der Waals surface area contributed by atoms with Gasteiger partial charge in [-0.2, -0.15) is 0 Å². The van der Waals surface area contributed by atoms with Crippen molar-refractivity contribution in [2.75, 3.05) is 16.9 Å². The van der Waals surface area contributed by atoms with Crippen LogP contribution in [0, 0.1) is 12.8 Å². The summed E-state index contributed by atoms with van der Waals surface area (Å²) in [7, 11) is 0. The maximum absolute atomic E-state index is 5.61. The molecule has 0 aromatic carbocycles. The summed E-state index contributed by atoms with van der Waals surface area (Å²) in [6.45, 7) is 5.28. The molecule has 1 saturated carbocycles. The molecule has 1 aliphatic carbocycles. The molecular formula is C15H25N5. The van der Waals surface area contributed by atoms with E-state index in [-0.39, 0.29) is 0 Å². The summed E-state index contributed by atoms with van der Waals surface area (Å²) in [4.78, 5) is 11.8. The molecule has 110 valence electrons. The maximum atomic E-state index is 5.61. The average Bonchev–Trinajstić information content (AvgIpc) is 2.91. The summed E-state index contributed by atoms with van der Waals surface area (Å²) in [5, 5.41) is 0. The first-order valence-electron chi connectivity index (χ1n) is 7.85. The molecule has 3 N–H and O–H groups in total. The van der Waals surface area contributed by atoms with Gasteiger partial charge in [0.05, 0.1) is 0 Å². The third-order valence-corrected chi connectivity index (χ3v) is 4.90. The smallest absolute Gasteiger partial charge is 0.148 e. The minimum absolute atomic E-state index is 0.674. The molecule has 2 heterocycles. The Balaban J connectivity index is 1.96. The number of hydrogen-bond acceptors (Lipinski definition) is 5. The monoisotopic (exact) mass is 275 g/mol. The van der Waals surface area contributed by atoms with Gasteiger partial charge in [0.2, 0.25) is 0 Å². The Morgan fingerprint density at radius 2 is 2.05 bits per heavy atom. The number of hydrogen-bond donors (Lipinski definition) is 2. The molecule has 1 aromatic rings. The summed E-state index contributed by atoms with van der Waals surface area (Å²) < 4.78 is 0. The van der Waals surface area contributed by atoms with E-state index in [9.17, 15) is 0 Å². The Bertz CT molecular complexity index is 487. The Kier molecular flexibility index (Phi) is 3.78. The lowest BCUT2D eigenvalue weighted by molar-refractivity contribution is 0.341. The largest absolute Gasteiger partial charge is 0.353 e. The van der Waals surface area contributed by atoms with Crippen LogP contribution in [0.3, 0.4) is 0 Å². The number of anilines is 2. The van der Waals surface area contributed by atoms with Gasteiger partial charge in [0, 0.05) is 24.6 Å². The van der Waals surface area contributed by atoms with Crippen molar-refractivity contribution in [3.8, 4) is 0 Å². The number of fused-ring (bicyclic) bond motifs is 1. The van der Waals surface area contributed by atoms with Gasteiger partial charge in [0.1, 0.15) is 17.5 Å². The molecule has 0 bridgehead atoms. The molecule has 1 saturated heterocycles. The standard InChI is InChI=1S/C15H25N5/c1-3-13-17-14(19-16)10(2)15(18-13)20-9-8-11-6-4-5-7-12(11)20/h11-12H,3-9,16H2,1-2H3,(H,17,18,19). The molecule has 1 aromatic heterocycles. The fourth-order valence-corrected chi connectivity index (χ4v) is 3.80. The van der Waals surface area contributed by atoms with Crippen LogP contribution in [0.25, 0.3) is 0 Å². The molecule has 3 rings (SSSR count). The summed E-state index contributed by atoms with van der Waals surface area (Å²) in [5.41, 5.74) is 3.81. The number of aryl methyl sites for hydroxylation is 1. The van der Waals surface area contributed by atoms with Gasteiger partial charge in [0.25, 0.3) is 0 Å². The van der Waals surface area contributed by atoms with E-state index in [0.29, 0.717) is 6.04 Å². The third kappa shape index (κ3) is 2.24. The van der Waals surface area contributed by atoms with E-state index < -0.39 is 0 Å². The highest BCUT2D eigenvalue weighted by molar-refractivity contribution is 5.59. The maximum Gasteiger partial charge on any atom is 0.148 e. The lowest BCUT2D eigenvalue weighted by atomic mass is 9.85. The Morgan fingerprint density at radius 3 is 2.80 bits per heavy atom. The van der Waals surface area contributed by atoms with E-state index in [4.69, 9.17) is 10.8 Å². The first-order chi connectivity index (χ1) is 9.74. The number of hydrazine groups is 1. The number of aromatic nitrogens is 2. The van der Waals surface area contributed by atoms with Crippen molar-refractivity contribution < 1.29 is 0 Å². The van der Waals surface area contributed by atoms with Gasteiger partial charge < -0.3 is 10.3 Å². The molecule has 1 aliphatic heterocycles. The fraction of sp³-hybridized carbons (Fsp3) is 0.733. The number of nitrogens with two attached hydrogens (primary N) is 1. The van der Waals surface area contributed by atoms with Crippen LogP contribution >= 0.6 is 0 Å². The summed E-state index contributed by atoms with van der Waals surface area (Å²) >= 11 is 0. The molecule has 2 atom stereocenters. The first kappa shape index (κ1) is 13.6. The minimum Gasteiger partial charge on any atom is -0.353 e. The number of rotatable bonds is 3. The van der Waals surface area contributed by atoms with Crippen LogP contribution in [0.1, 0.15) is 50.4 Å². The zero-order valence-corrected chi connectivity index (χ0v) is 12.5. The molecule has 0 radical (unpaired) electrons. The van der Waals surface area contributed by atoms with E-state index in [1.165, 1.54) is 32.1 Å². The molecule has 0 spiro atoms. The van der Waals surface area contributed by atoms with Crippen molar-refractivity contribution in [2.45, 2.75) is 58.4 Å². The van der Waals surface area contributed by atoms with Gasteiger partial charge in [-0.15, -0.1) is 0 Å². The Labute approximate surface area is 120 Å². The highest BCUT2D eigenvalue weighted by Gasteiger charge is 2.37. The van der Waals surface area contributed by atoms with Crippen molar-refractivity contribution in [1.29, 1.82) is 0 Å². The van der Waals surface area contributed by atoms with E-state index >= 15 is 0 Å². The van der Waals surface area contributed by atoms with Crippen LogP contribution in [0.15, 0.2) is 0 Å². The number of nitrogens with zero attached hydrogens (tertiary/aromatic N) is 3. The van der Waals surface area contributed by atoms with E-state index in [1.807, 2.05) is 0 Å². The first-order valence-corrected chi connectivity index (χ1v) is 7.85. The van der Waals surface area contributed by atoms with Gasteiger partial charge in [-0.3, -0.25) is 0 Å². The lowest BCUT2D eigenvalue weighted by Crippen LogP contribution is -2.36. The van der Waals surface area contributed by atoms with Crippen LogP contribution < -0.4 is 16.2 Å². The van der Waals surface area contributed by atoms with Gasteiger partial charge in [-0.25, -0.2) is 15.8 Å². The van der Waals surface area contributed by atoms with Crippen LogP contribution in [0.4, 0.5) is 11.6 Å². The van der Waals surface area contributed by atoms with Gasteiger partial charge >= 0.3 is 0 Å². The number of nitrogens with one attached hydrogen (secondary N) is 1. The quantitative estimate of drug-likeness (QED) is 0.655. The summed E-state index contributed by atoms with van der Waals surface area (Å²) in [5.74, 6) is 9.21. The van der Waals surface area contributed by atoms with Crippen molar-refractivity contribution in [3.05, 3.63) is 11.4 Å². The minimum atomic E-state index is 0.674. The van der Waals surface area contributed by atoms with Crippen molar-refractivity contribution in [1.82, 2.24) is 9.97 Å². The fourth-order valence-electron chi connectivity index (χ4n) is 3.80. The second kappa shape index (κ2) is 5.56. The Hall–Kier alpha value is -1.36. The van der Waals surface area contributed by atoms with Crippen molar-refractivity contribution >= 4 is 11.6 Å². The van der Waals surface area contributed by atoms with Crippen molar-refractivity contribution in [3.63, 3.8) is 0 Å². The van der Waals surface area contributed by atoms with Crippen LogP contribution in [-0.2, 0) is 6.42 Å². The van der Waals surface area contributed by atoms with Crippen LogP contribution in [0.5, 0.6) is 0 Å². The normalized spacial score (nSPS) is 25.6. The second-order valence-electron chi connectivity index (χ2n) is 6.03. The molecule has 0 amide bonds. The molecule has 20 heavy (non-hydrogen) atoms. The molecule has 2 fully saturated rings. The molecule has 5 heteroatoms. The zero-order chi connectivity index (χ0) is 14.1. The van der Waals surface area contributed by atoms with Gasteiger partial charge in [0.15, 0.2) is 0 Å². The predicted molar refractivity (Wildman–Crippen MR) is 81.7 cm³/mol. The summed E-state index contributed by atoms with van der Waals surface area (Å²) in [6, 6.07) is 0.674. The second-order valence-corrected chi connectivity index (χ2v) is 6.03. The predicted octanol–water partition coefficient (Wildman–Crippen LogP) is 2.40. The van der Waals surface area contributed by atoms with Gasteiger partial charge in [-0.05, 0) is 32.1 Å². The van der Waals surface area contributed by atoms with Crippen molar-refractivity contribution in [2.24, 2.45) is 11.8 Å². The molecule has 2 aliphatic rings. The number of nitrogen functional groups attached to an aromatic ring is 1. The molecule has 2 unspecified atom stereocenters. The van der Waals surface area contributed by atoms with E-state index in [1.54, 1.807) is 0 Å². The Morgan fingerprint density at radius 1 is 1.25 bits per heavy atom. The summed E-state index contributed by atoms with van der Waals surface area (Å²) in [6.07, 6.45) is 7.58. The highest BCUT2D eigenvalue weighted by atomic mass is 15.3. The lowest BCUT2D eigenvalue weighted by Gasteiger charge is -2.33. The molecule has 5 nitrogen and oxygen atoms in total. The highest BCUT2D eigenvalue weighted by Crippen LogP contribution is 2.39. The van der Waals surface area contributed by atoms with E-state index in [2.05, 4.69) is 29.2 Å². The average molecular weight is 275 g/mol.